The summed E-state index contributed by atoms with van der Waals surface area (Å²) < 4.78 is 6.05. The van der Waals surface area contributed by atoms with Crippen molar-refractivity contribution in [3.05, 3.63) is 11.9 Å². The van der Waals surface area contributed by atoms with Crippen molar-refractivity contribution < 1.29 is 14.3 Å². The monoisotopic (exact) mass is 294 g/mol. The van der Waals surface area contributed by atoms with E-state index in [0.29, 0.717) is 0 Å². The number of methoxy groups -OCH3 is 1. The third-order valence-corrected chi connectivity index (χ3v) is 3.81. The lowest BCUT2D eigenvalue weighted by Gasteiger charge is -2.24. The average molecular weight is 294 g/mol. The first-order chi connectivity index (χ1) is 10.0. The number of anilines is 1. The molecule has 21 heavy (non-hydrogen) atoms. The highest BCUT2D eigenvalue weighted by Crippen LogP contribution is 2.18. The van der Waals surface area contributed by atoms with Crippen molar-refractivity contribution in [2.45, 2.75) is 38.6 Å². The fourth-order valence-corrected chi connectivity index (χ4v) is 2.53. The standard InChI is InChI=1S/C14H22N4O3/c1-10(13(19)17-7-5-3-4-6-8-17)18-9-11(15)12(16-18)14(20)21-2/h9-10H,3-8,15H2,1-2H3. The highest BCUT2D eigenvalue weighted by Gasteiger charge is 2.25. The molecule has 0 spiro atoms. The van der Waals surface area contributed by atoms with Gasteiger partial charge in [0.1, 0.15) is 6.04 Å². The number of nitrogens with zero attached hydrogens (tertiary/aromatic N) is 3. The summed E-state index contributed by atoms with van der Waals surface area (Å²) in [5, 5.41) is 4.09. The van der Waals surface area contributed by atoms with Gasteiger partial charge in [-0.05, 0) is 19.8 Å². The number of rotatable bonds is 3. The van der Waals surface area contributed by atoms with Gasteiger partial charge in [-0.2, -0.15) is 5.10 Å². The van der Waals surface area contributed by atoms with Crippen molar-refractivity contribution in [3.8, 4) is 0 Å². The van der Waals surface area contributed by atoms with Crippen molar-refractivity contribution in [1.29, 1.82) is 0 Å². The molecule has 0 bridgehead atoms. The molecule has 1 saturated heterocycles. The van der Waals surface area contributed by atoms with E-state index in [2.05, 4.69) is 9.84 Å². The number of carbonyl (C=O) groups is 2. The van der Waals surface area contributed by atoms with Crippen LogP contribution in [0.15, 0.2) is 6.20 Å². The van der Waals surface area contributed by atoms with Crippen LogP contribution in [0.4, 0.5) is 5.69 Å². The molecule has 0 radical (unpaired) electrons. The van der Waals surface area contributed by atoms with Crippen molar-refractivity contribution in [3.63, 3.8) is 0 Å². The van der Waals surface area contributed by atoms with E-state index < -0.39 is 12.0 Å². The average Bonchev–Trinajstić information content (AvgIpc) is 2.71. The first kappa shape index (κ1) is 15.3. The first-order valence-electron chi connectivity index (χ1n) is 7.26. The Bertz CT molecular complexity index is 518. The summed E-state index contributed by atoms with van der Waals surface area (Å²) in [7, 11) is 1.27. The van der Waals surface area contributed by atoms with Gasteiger partial charge in [-0.1, -0.05) is 12.8 Å². The molecule has 0 aromatic carbocycles. The predicted octanol–water partition coefficient (Wildman–Crippen LogP) is 1.22. The highest BCUT2D eigenvalue weighted by atomic mass is 16.5. The summed E-state index contributed by atoms with van der Waals surface area (Å²) in [6.07, 6.45) is 5.91. The minimum atomic E-state index is -0.597. The Kier molecular flexibility index (Phi) is 4.82. The van der Waals surface area contributed by atoms with Crippen LogP contribution >= 0.6 is 0 Å². The van der Waals surface area contributed by atoms with Gasteiger partial charge in [0.05, 0.1) is 12.8 Å². The number of nitrogens with two attached hydrogens (primary N) is 1. The molecule has 116 valence electrons. The number of esters is 1. The van der Waals surface area contributed by atoms with E-state index in [-0.39, 0.29) is 17.3 Å². The van der Waals surface area contributed by atoms with E-state index in [4.69, 9.17) is 5.73 Å². The van der Waals surface area contributed by atoms with E-state index >= 15 is 0 Å². The van der Waals surface area contributed by atoms with Gasteiger partial charge in [-0.25, -0.2) is 4.79 Å². The molecule has 1 fully saturated rings. The number of aromatic nitrogens is 2. The quantitative estimate of drug-likeness (QED) is 0.846. The lowest BCUT2D eigenvalue weighted by molar-refractivity contribution is -0.134. The second-order valence-electron chi connectivity index (χ2n) is 5.32. The Morgan fingerprint density at radius 3 is 2.48 bits per heavy atom. The van der Waals surface area contributed by atoms with Crippen LogP contribution in [0.3, 0.4) is 0 Å². The molecular weight excluding hydrogens is 272 g/mol. The molecule has 1 atom stereocenters. The van der Waals surface area contributed by atoms with Gasteiger partial charge in [-0.15, -0.1) is 0 Å². The molecule has 7 heteroatoms. The van der Waals surface area contributed by atoms with E-state index in [0.717, 1.165) is 25.9 Å². The number of hydrogen-bond acceptors (Lipinski definition) is 5. The lowest BCUT2D eigenvalue weighted by Crippen LogP contribution is -2.37. The van der Waals surface area contributed by atoms with Crippen LogP contribution in [0.25, 0.3) is 0 Å². The molecular formula is C14H22N4O3. The molecule has 2 N–H and O–H groups in total. The molecule has 1 unspecified atom stereocenters. The Morgan fingerprint density at radius 2 is 1.90 bits per heavy atom. The summed E-state index contributed by atoms with van der Waals surface area (Å²) >= 11 is 0. The van der Waals surface area contributed by atoms with Gasteiger partial charge in [-0.3, -0.25) is 9.48 Å². The predicted molar refractivity (Wildman–Crippen MR) is 77.7 cm³/mol. The fraction of sp³-hybridized carbons (Fsp3) is 0.643. The largest absolute Gasteiger partial charge is 0.464 e. The Morgan fingerprint density at radius 1 is 1.29 bits per heavy atom. The second-order valence-corrected chi connectivity index (χ2v) is 5.32. The van der Waals surface area contributed by atoms with Gasteiger partial charge in [0.15, 0.2) is 5.69 Å². The number of ether oxygens (including phenoxy) is 1. The number of hydrogen-bond donors (Lipinski definition) is 1. The van der Waals surface area contributed by atoms with E-state index in [9.17, 15) is 9.59 Å². The second kappa shape index (κ2) is 6.60. The molecule has 1 aromatic rings. The van der Waals surface area contributed by atoms with Gasteiger partial charge in [0, 0.05) is 19.3 Å². The Labute approximate surface area is 124 Å². The third-order valence-electron chi connectivity index (χ3n) is 3.81. The Hall–Kier alpha value is -2.05. The SMILES string of the molecule is COC(=O)c1nn(C(C)C(=O)N2CCCCCC2)cc1N. The highest BCUT2D eigenvalue weighted by molar-refractivity contribution is 5.92. The van der Waals surface area contributed by atoms with Crippen molar-refractivity contribution in [2.75, 3.05) is 25.9 Å². The zero-order chi connectivity index (χ0) is 15.4. The van der Waals surface area contributed by atoms with E-state index in [1.165, 1.54) is 30.8 Å². The normalized spacial score (nSPS) is 17.1. The van der Waals surface area contributed by atoms with Gasteiger partial charge in [0.2, 0.25) is 5.91 Å². The molecule has 7 nitrogen and oxygen atoms in total. The molecule has 2 rings (SSSR count). The van der Waals surface area contributed by atoms with Crippen molar-refractivity contribution in [1.82, 2.24) is 14.7 Å². The topological polar surface area (TPSA) is 90.4 Å². The zero-order valence-corrected chi connectivity index (χ0v) is 12.5. The van der Waals surface area contributed by atoms with Gasteiger partial charge >= 0.3 is 5.97 Å². The van der Waals surface area contributed by atoms with Crippen LogP contribution in [0, 0.1) is 0 Å². The zero-order valence-electron chi connectivity index (χ0n) is 12.5. The maximum atomic E-state index is 12.5. The number of nitrogen functional groups attached to an aromatic ring is 1. The molecule has 1 aliphatic rings. The van der Waals surface area contributed by atoms with Gasteiger partial charge in [0.25, 0.3) is 0 Å². The molecule has 1 aromatic heterocycles. The summed E-state index contributed by atoms with van der Waals surface area (Å²) in [6, 6.07) is -0.483. The minimum Gasteiger partial charge on any atom is -0.464 e. The summed E-state index contributed by atoms with van der Waals surface area (Å²) in [5.41, 5.74) is 6.02. The fourth-order valence-electron chi connectivity index (χ4n) is 2.53. The van der Waals surface area contributed by atoms with Crippen LogP contribution in [0.2, 0.25) is 0 Å². The maximum Gasteiger partial charge on any atom is 0.360 e. The molecule has 2 heterocycles. The number of amides is 1. The smallest absolute Gasteiger partial charge is 0.360 e. The van der Waals surface area contributed by atoms with Crippen LogP contribution in [-0.2, 0) is 9.53 Å². The Balaban J connectivity index is 2.13. The van der Waals surface area contributed by atoms with Crippen LogP contribution in [0.5, 0.6) is 0 Å². The van der Waals surface area contributed by atoms with Crippen LogP contribution in [0.1, 0.15) is 49.1 Å². The van der Waals surface area contributed by atoms with Crippen molar-refractivity contribution in [2.24, 2.45) is 0 Å². The van der Waals surface area contributed by atoms with Crippen molar-refractivity contribution >= 4 is 17.6 Å². The van der Waals surface area contributed by atoms with Gasteiger partial charge < -0.3 is 15.4 Å². The summed E-state index contributed by atoms with van der Waals surface area (Å²) in [6.45, 7) is 3.33. The molecule has 1 aliphatic heterocycles. The molecule has 1 amide bonds. The maximum absolute atomic E-state index is 12.5. The lowest BCUT2D eigenvalue weighted by atomic mass is 10.2. The molecule has 0 aliphatic carbocycles. The van der Waals surface area contributed by atoms with Crippen LogP contribution < -0.4 is 5.73 Å². The van der Waals surface area contributed by atoms with Crippen LogP contribution in [-0.4, -0.2) is 46.8 Å². The third kappa shape index (κ3) is 3.34. The first-order valence-corrected chi connectivity index (χ1v) is 7.26. The number of carbonyl (C=O) groups excluding carboxylic acids is 2. The molecule has 0 saturated carbocycles. The van der Waals surface area contributed by atoms with E-state index in [1.807, 2.05) is 4.90 Å². The summed E-state index contributed by atoms with van der Waals surface area (Å²) in [5.74, 6) is -0.587. The number of likely N-dealkylation sites (tertiary alicyclic amines) is 1. The minimum absolute atomic E-state index is 0.0100. The summed E-state index contributed by atoms with van der Waals surface area (Å²) in [4.78, 5) is 25.9. The van der Waals surface area contributed by atoms with E-state index in [1.54, 1.807) is 6.92 Å².